The standard InChI is InChI=1S/C21H22N4O2/c1-13-8-14(2)19(15(3)9-13)25-20(26)16-11-22-21(23-12-16)24-17-6-5-7-18(10-17)27-4/h5-12H,1-4H3,(H,25,26)(H,22,23,24). The van der Waals surface area contributed by atoms with Gasteiger partial charge in [0, 0.05) is 29.8 Å². The number of hydrogen-bond acceptors (Lipinski definition) is 5. The van der Waals surface area contributed by atoms with E-state index >= 15 is 0 Å². The second-order valence-corrected chi connectivity index (χ2v) is 6.38. The Labute approximate surface area is 158 Å². The first kappa shape index (κ1) is 18.4. The van der Waals surface area contributed by atoms with Gasteiger partial charge in [0.25, 0.3) is 5.91 Å². The monoisotopic (exact) mass is 362 g/mol. The van der Waals surface area contributed by atoms with Crippen molar-refractivity contribution in [3.8, 4) is 5.75 Å². The molecule has 0 bridgehead atoms. The zero-order valence-electron chi connectivity index (χ0n) is 15.8. The molecule has 0 radical (unpaired) electrons. The summed E-state index contributed by atoms with van der Waals surface area (Å²) in [4.78, 5) is 21.0. The predicted molar refractivity (Wildman–Crippen MR) is 107 cm³/mol. The summed E-state index contributed by atoms with van der Waals surface area (Å²) >= 11 is 0. The molecule has 0 saturated heterocycles. The minimum absolute atomic E-state index is 0.238. The molecule has 2 aromatic carbocycles. The number of carbonyl (C=O) groups is 1. The molecule has 0 aliphatic carbocycles. The second kappa shape index (κ2) is 7.86. The van der Waals surface area contributed by atoms with Gasteiger partial charge < -0.3 is 15.4 Å². The summed E-state index contributed by atoms with van der Waals surface area (Å²) in [6.07, 6.45) is 3.01. The quantitative estimate of drug-likeness (QED) is 0.703. The first-order valence-corrected chi connectivity index (χ1v) is 8.58. The van der Waals surface area contributed by atoms with Crippen molar-refractivity contribution in [3.05, 3.63) is 71.0 Å². The Morgan fingerprint density at radius 3 is 2.30 bits per heavy atom. The highest BCUT2D eigenvalue weighted by atomic mass is 16.5. The molecule has 1 heterocycles. The molecule has 0 aliphatic heterocycles. The zero-order valence-corrected chi connectivity index (χ0v) is 15.8. The van der Waals surface area contributed by atoms with E-state index in [1.165, 1.54) is 18.0 Å². The van der Waals surface area contributed by atoms with Gasteiger partial charge in [-0.05, 0) is 44.0 Å². The smallest absolute Gasteiger partial charge is 0.258 e. The molecule has 3 rings (SSSR count). The van der Waals surface area contributed by atoms with E-state index in [-0.39, 0.29) is 5.91 Å². The van der Waals surface area contributed by atoms with Crippen LogP contribution in [0.25, 0.3) is 0 Å². The van der Waals surface area contributed by atoms with Crippen LogP contribution in [0.3, 0.4) is 0 Å². The van der Waals surface area contributed by atoms with Crippen molar-refractivity contribution in [3.63, 3.8) is 0 Å². The van der Waals surface area contributed by atoms with Crippen LogP contribution in [0.4, 0.5) is 17.3 Å². The highest BCUT2D eigenvalue weighted by Crippen LogP contribution is 2.23. The molecule has 0 spiro atoms. The molecular weight excluding hydrogens is 340 g/mol. The van der Waals surface area contributed by atoms with E-state index < -0.39 is 0 Å². The Morgan fingerprint density at radius 1 is 1.00 bits per heavy atom. The van der Waals surface area contributed by atoms with Gasteiger partial charge in [-0.15, -0.1) is 0 Å². The van der Waals surface area contributed by atoms with Gasteiger partial charge in [-0.3, -0.25) is 4.79 Å². The number of aromatic nitrogens is 2. The number of nitrogens with zero attached hydrogens (tertiary/aromatic N) is 2. The van der Waals surface area contributed by atoms with E-state index in [2.05, 4.69) is 20.6 Å². The van der Waals surface area contributed by atoms with Crippen molar-refractivity contribution in [2.45, 2.75) is 20.8 Å². The van der Waals surface area contributed by atoms with Gasteiger partial charge in [-0.25, -0.2) is 9.97 Å². The fourth-order valence-corrected chi connectivity index (χ4v) is 2.90. The number of hydrogen-bond donors (Lipinski definition) is 2. The van der Waals surface area contributed by atoms with E-state index in [4.69, 9.17) is 4.74 Å². The zero-order chi connectivity index (χ0) is 19.4. The molecule has 0 fully saturated rings. The number of nitrogens with one attached hydrogen (secondary N) is 2. The van der Waals surface area contributed by atoms with Crippen LogP contribution in [0.15, 0.2) is 48.8 Å². The molecule has 1 aromatic heterocycles. The van der Waals surface area contributed by atoms with Gasteiger partial charge >= 0.3 is 0 Å². The minimum Gasteiger partial charge on any atom is -0.497 e. The maximum atomic E-state index is 12.5. The van der Waals surface area contributed by atoms with Crippen molar-refractivity contribution in [2.75, 3.05) is 17.7 Å². The minimum atomic E-state index is -0.238. The van der Waals surface area contributed by atoms with Crippen LogP contribution in [-0.2, 0) is 0 Å². The molecule has 1 amide bonds. The van der Waals surface area contributed by atoms with Crippen molar-refractivity contribution >= 4 is 23.2 Å². The average Bonchev–Trinajstić information content (AvgIpc) is 2.65. The van der Waals surface area contributed by atoms with Crippen molar-refractivity contribution in [1.82, 2.24) is 9.97 Å². The van der Waals surface area contributed by atoms with Gasteiger partial charge in [-0.2, -0.15) is 0 Å². The lowest BCUT2D eigenvalue weighted by atomic mass is 10.0. The summed E-state index contributed by atoms with van der Waals surface area (Å²) in [6, 6.07) is 11.5. The Kier molecular flexibility index (Phi) is 5.35. The predicted octanol–water partition coefficient (Wildman–Crippen LogP) is 4.41. The molecule has 0 atom stereocenters. The van der Waals surface area contributed by atoms with E-state index in [9.17, 15) is 4.79 Å². The number of amides is 1. The third-order valence-corrected chi connectivity index (χ3v) is 4.16. The van der Waals surface area contributed by atoms with E-state index in [1.54, 1.807) is 7.11 Å². The normalized spacial score (nSPS) is 10.4. The van der Waals surface area contributed by atoms with Gasteiger partial charge in [0.2, 0.25) is 5.95 Å². The third-order valence-electron chi connectivity index (χ3n) is 4.16. The fourth-order valence-electron chi connectivity index (χ4n) is 2.90. The molecule has 6 nitrogen and oxygen atoms in total. The van der Waals surface area contributed by atoms with Gasteiger partial charge in [0.1, 0.15) is 5.75 Å². The summed E-state index contributed by atoms with van der Waals surface area (Å²) in [5.74, 6) is 0.903. The lowest BCUT2D eigenvalue weighted by Gasteiger charge is -2.13. The van der Waals surface area contributed by atoms with Gasteiger partial charge in [-0.1, -0.05) is 23.8 Å². The number of aryl methyl sites for hydroxylation is 3. The maximum Gasteiger partial charge on any atom is 0.258 e. The van der Waals surface area contributed by atoms with Crippen LogP contribution in [0, 0.1) is 20.8 Å². The van der Waals surface area contributed by atoms with Crippen LogP contribution >= 0.6 is 0 Å². The average molecular weight is 362 g/mol. The number of ether oxygens (including phenoxy) is 1. The Balaban J connectivity index is 1.72. The first-order chi connectivity index (χ1) is 13.0. The Hall–Kier alpha value is -3.41. The van der Waals surface area contributed by atoms with E-state index in [0.717, 1.165) is 28.3 Å². The van der Waals surface area contributed by atoms with Crippen LogP contribution in [0.1, 0.15) is 27.0 Å². The second-order valence-electron chi connectivity index (χ2n) is 6.38. The Bertz CT molecular complexity index is 945. The SMILES string of the molecule is COc1cccc(Nc2ncc(C(=O)Nc3c(C)cc(C)cc3C)cn2)c1. The summed E-state index contributed by atoms with van der Waals surface area (Å²) in [5, 5.41) is 6.04. The number of methoxy groups -OCH3 is 1. The molecule has 0 saturated carbocycles. The molecule has 0 aliphatic rings. The van der Waals surface area contributed by atoms with E-state index in [1.807, 2.05) is 57.2 Å². The molecule has 2 N–H and O–H groups in total. The van der Waals surface area contributed by atoms with Crippen LogP contribution in [-0.4, -0.2) is 23.0 Å². The highest BCUT2D eigenvalue weighted by molar-refractivity contribution is 6.04. The lowest BCUT2D eigenvalue weighted by molar-refractivity contribution is 0.102. The van der Waals surface area contributed by atoms with Crippen LogP contribution in [0.5, 0.6) is 5.75 Å². The molecule has 0 unspecified atom stereocenters. The topological polar surface area (TPSA) is 76.1 Å². The van der Waals surface area contributed by atoms with E-state index in [0.29, 0.717) is 11.5 Å². The molecule has 138 valence electrons. The largest absolute Gasteiger partial charge is 0.497 e. The maximum absolute atomic E-state index is 12.5. The fraction of sp³-hybridized carbons (Fsp3) is 0.190. The number of rotatable bonds is 5. The third kappa shape index (κ3) is 4.41. The Morgan fingerprint density at radius 2 is 1.67 bits per heavy atom. The van der Waals surface area contributed by atoms with Gasteiger partial charge in [0.15, 0.2) is 0 Å². The van der Waals surface area contributed by atoms with Crippen LogP contribution < -0.4 is 15.4 Å². The van der Waals surface area contributed by atoms with Gasteiger partial charge in [0.05, 0.1) is 12.7 Å². The lowest BCUT2D eigenvalue weighted by Crippen LogP contribution is -2.15. The summed E-state index contributed by atoms with van der Waals surface area (Å²) in [5.41, 5.74) is 5.24. The molecule has 27 heavy (non-hydrogen) atoms. The number of carbonyl (C=O) groups excluding carboxylic acids is 1. The number of benzene rings is 2. The summed E-state index contributed by atoms with van der Waals surface area (Å²) in [6.45, 7) is 5.99. The molecular formula is C21H22N4O2. The summed E-state index contributed by atoms with van der Waals surface area (Å²) in [7, 11) is 1.61. The van der Waals surface area contributed by atoms with Crippen molar-refractivity contribution in [2.24, 2.45) is 0 Å². The molecule has 3 aromatic rings. The van der Waals surface area contributed by atoms with Crippen molar-refractivity contribution < 1.29 is 9.53 Å². The summed E-state index contributed by atoms with van der Waals surface area (Å²) < 4.78 is 5.19. The highest BCUT2D eigenvalue weighted by Gasteiger charge is 2.11. The van der Waals surface area contributed by atoms with Crippen molar-refractivity contribution in [1.29, 1.82) is 0 Å². The van der Waals surface area contributed by atoms with Crippen LogP contribution in [0.2, 0.25) is 0 Å². The first-order valence-electron chi connectivity index (χ1n) is 8.58. The molecule has 6 heteroatoms. The number of anilines is 3.